The van der Waals surface area contributed by atoms with Crippen LogP contribution in [0.5, 0.6) is 0 Å². The maximum atomic E-state index is 11.0. The van der Waals surface area contributed by atoms with Crippen LogP contribution < -0.4 is 5.32 Å². The zero-order chi connectivity index (χ0) is 19.2. The summed E-state index contributed by atoms with van der Waals surface area (Å²) < 4.78 is 1.76. The molecule has 0 aliphatic carbocycles. The van der Waals surface area contributed by atoms with Crippen molar-refractivity contribution in [3.05, 3.63) is 22.5 Å². The second-order valence-electron chi connectivity index (χ2n) is 8.21. The second-order valence-corrected chi connectivity index (χ2v) is 11.3. The van der Waals surface area contributed by atoms with Crippen LogP contribution in [-0.2, 0) is 6.54 Å². The van der Waals surface area contributed by atoms with Gasteiger partial charge in [-0.25, -0.2) is 4.57 Å². The Balaban J connectivity index is 1.99. The van der Waals surface area contributed by atoms with Gasteiger partial charge in [0.1, 0.15) is 12.4 Å². The Labute approximate surface area is 164 Å². The highest BCUT2D eigenvalue weighted by Crippen LogP contribution is 2.38. The molecule has 0 aromatic carbocycles. The normalized spacial score (nSPS) is 22.3. The average Bonchev–Trinajstić information content (AvgIpc) is 3.01. The molecule has 1 aromatic heterocycles. The smallest absolute Gasteiger partial charge is 0.390 e. The number of hydrogen-bond acceptors (Lipinski definition) is 7. The van der Waals surface area contributed by atoms with Crippen molar-refractivity contribution in [2.75, 3.05) is 38.5 Å². The predicted molar refractivity (Wildman–Crippen MR) is 111 cm³/mol. The topological polar surface area (TPSA) is 76.2 Å². The fourth-order valence-electron chi connectivity index (χ4n) is 3.00. The lowest BCUT2D eigenvalue weighted by atomic mass is 9.90. The molecule has 1 saturated heterocycles. The number of hydrogen-bond donors (Lipinski definition) is 1. The standard InChI is InChI=1S/C17H31N5O2S2/c1-16(2)5-12-25-26-17(3,4)14-20(8-6-18-13-16)10-11-21-9-7-19-15(21)22(23)24/h7,9,18H,5-6,8,10-14H2,1-4H3. The van der Waals surface area contributed by atoms with Gasteiger partial charge in [0.15, 0.2) is 0 Å². The lowest BCUT2D eigenvalue weighted by molar-refractivity contribution is -0.396. The highest BCUT2D eigenvalue weighted by atomic mass is 33.1. The Kier molecular flexibility index (Phi) is 7.81. The number of nitrogens with one attached hydrogen (secondary N) is 1. The SMILES string of the molecule is CC1(C)CCSSC(C)(C)CN(CCn2ccnc2[N+](=O)[O-])CCNC1. The van der Waals surface area contributed by atoms with Crippen LogP contribution in [0, 0.1) is 15.5 Å². The molecule has 7 nitrogen and oxygen atoms in total. The van der Waals surface area contributed by atoms with Gasteiger partial charge in [0.2, 0.25) is 0 Å². The van der Waals surface area contributed by atoms with Crippen LogP contribution in [0.3, 0.4) is 0 Å². The summed E-state index contributed by atoms with van der Waals surface area (Å²) in [6.07, 6.45) is 4.39. The van der Waals surface area contributed by atoms with E-state index in [4.69, 9.17) is 0 Å². The quantitative estimate of drug-likeness (QED) is 0.471. The minimum Gasteiger partial charge on any atom is -0.390 e. The van der Waals surface area contributed by atoms with Crippen molar-refractivity contribution in [3.8, 4) is 0 Å². The predicted octanol–water partition coefficient (Wildman–Crippen LogP) is 3.27. The van der Waals surface area contributed by atoms with E-state index in [1.165, 1.54) is 12.6 Å². The van der Waals surface area contributed by atoms with Crippen LogP contribution in [0.4, 0.5) is 5.95 Å². The molecule has 0 bridgehead atoms. The highest BCUT2D eigenvalue weighted by molar-refractivity contribution is 8.77. The third-order valence-electron chi connectivity index (χ3n) is 4.47. The van der Waals surface area contributed by atoms with E-state index in [1.807, 2.05) is 21.6 Å². The zero-order valence-corrected chi connectivity index (χ0v) is 17.9. The van der Waals surface area contributed by atoms with Gasteiger partial charge in [0, 0.05) is 43.2 Å². The molecule has 1 aromatic rings. The Bertz CT molecular complexity index is 591. The van der Waals surface area contributed by atoms with E-state index >= 15 is 0 Å². The molecule has 0 atom stereocenters. The summed E-state index contributed by atoms with van der Waals surface area (Å²) in [5.74, 6) is 1.08. The van der Waals surface area contributed by atoms with E-state index in [1.54, 1.807) is 10.8 Å². The number of aromatic nitrogens is 2. The Morgan fingerprint density at radius 1 is 1.35 bits per heavy atom. The first-order valence-corrected chi connectivity index (χ1v) is 11.4. The molecular formula is C17H31N5O2S2. The fourth-order valence-corrected chi connectivity index (χ4v) is 5.89. The molecule has 2 heterocycles. The van der Waals surface area contributed by atoms with Crippen LogP contribution in [0.1, 0.15) is 34.1 Å². The zero-order valence-electron chi connectivity index (χ0n) is 16.2. The number of nitro groups is 1. The molecule has 2 rings (SSSR count). The molecule has 0 amide bonds. The largest absolute Gasteiger partial charge is 0.434 e. The van der Waals surface area contributed by atoms with Crippen LogP contribution in [-0.4, -0.2) is 62.6 Å². The van der Waals surface area contributed by atoms with Crippen molar-refractivity contribution in [1.82, 2.24) is 19.8 Å². The number of rotatable bonds is 4. The molecule has 1 N–H and O–H groups in total. The molecule has 9 heteroatoms. The first-order chi connectivity index (χ1) is 12.2. The summed E-state index contributed by atoms with van der Waals surface area (Å²) >= 11 is 0. The van der Waals surface area contributed by atoms with Gasteiger partial charge in [-0.1, -0.05) is 40.4 Å². The minimum atomic E-state index is -0.420. The van der Waals surface area contributed by atoms with E-state index in [2.05, 4.69) is 42.9 Å². The van der Waals surface area contributed by atoms with E-state index in [-0.39, 0.29) is 10.7 Å². The number of imidazole rings is 1. The van der Waals surface area contributed by atoms with Gasteiger partial charge in [-0.2, -0.15) is 0 Å². The van der Waals surface area contributed by atoms with Crippen LogP contribution in [0.25, 0.3) is 0 Å². The van der Waals surface area contributed by atoms with Gasteiger partial charge in [-0.05, 0) is 30.6 Å². The molecule has 0 unspecified atom stereocenters. The van der Waals surface area contributed by atoms with Crippen molar-refractivity contribution in [2.45, 2.75) is 45.4 Å². The van der Waals surface area contributed by atoms with Gasteiger partial charge in [0.25, 0.3) is 0 Å². The van der Waals surface area contributed by atoms with Crippen LogP contribution in [0.2, 0.25) is 0 Å². The summed E-state index contributed by atoms with van der Waals surface area (Å²) in [6, 6.07) is 0. The Morgan fingerprint density at radius 3 is 2.85 bits per heavy atom. The molecule has 1 aliphatic heterocycles. The molecular weight excluding hydrogens is 370 g/mol. The van der Waals surface area contributed by atoms with E-state index in [0.29, 0.717) is 12.0 Å². The monoisotopic (exact) mass is 401 g/mol. The molecule has 1 aliphatic rings. The molecule has 1 fully saturated rings. The van der Waals surface area contributed by atoms with Crippen LogP contribution in [0.15, 0.2) is 12.4 Å². The van der Waals surface area contributed by atoms with Crippen molar-refractivity contribution in [3.63, 3.8) is 0 Å². The molecule has 148 valence electrons. The molecule has 26 heavy (non-hydrogen) atoms. The van der Waals surface area contributed by atoms with Crippen molar-refractivity contribution in [2.24, 2.45) is 5.41 Å². The maximum absolute atomic E-state index is 11.0. The Morgan fingerprint density at radius 2 is 2.12 bits per heavy atom. The first kappa shape index (κ1) is 21.5. The van der Waals surface area contributed by atoms with Crippen LogP contribution >= 0.6 is 21.6 Å². The van der Waals surface area contributed by atoms with Crippen molar-refractivity contribution in [1.29, 1.82) is 0 Å². The lowest BCUT2D eigenvalue weighted by Gasteiger charge is -2.34. The third kappa shape index (κ3) is 7.09. The number of nitrogens with zero attached hydrogens (tertiary/aromatic N) is 4. The average molecular weight is 402 g/mol. The Hall–Kier alpha value is -0.770. The summed E-state index contributed by atoms with van der Waals surface area (Å²) in [7, 11) is 3.92. The fraction of sp³-hybridized carbons (Fsp3) is 0.824. The van der Waals surface area contributed by atoms with Gasteiger partial charge >= 0.3 is 5.95 Å². The minimum absolute atomic E-state index is 0.0802. The highest BCUT2D eigenvalue weighted by Gasteiger charge is 2.26. The second kappa shape index (κ2) is 9.43. The molecule has 0 saturated carbocycles. The summed E-state index contributed by atoms with van der Waals surface area (Å²) in [6.45, 7) is 14.4. The summed E-state index contributed by atoms with van der Waals surface area (Å²) in [5, 5.41) is 14.6. The van der Waals surface area contributed by atoms with Crippen molar-refractivity contribution >= 4 is 27.5 Å². The van der Waals surface area contributed by atoms with Gasteiger partial charge in [-0.3, -0.25) is 4.90 Å². The third-order valence-corrected chi connectivity index (χ3v) is 7.75. The maximum Gasteiger partial charge on any atom is 0.434 e. The summed E-state index contributed by atoms with van der Waals surface area (Å²) in [5.41, 5.74) is 0.305. The molecule has 0 spiro atoms. The first-order valence-electron chi connectivity index (χ1n) is 9.08. The lowest BCUT2D eigenvalue weighted by Crippen LogP contribution is -2.43. The van der Waals surface area contributed by atoms with Gasteiger partial charge < -0.3 is 15.4 Å². The van der Waals surface area contributed by atoms with E-state index in [9.17, 15) is 10.1 Å². The van der Waals surface area contributed by atoms with Gasteiger partial charge in [0.05, 0.1) is 6.54 Å². The van der Waals surface area contributed by atoms with E-state index < -0.39 is 4.92 Å². The van der Waals surface area contributed by atoms with Crippen molar-refractivity contribution < 1.29 is 4.92 Å². The molecule has 0 radical (unpaired) electrons. The summed E-state index contributed by atoms with van der Waals surface area (Å²) in [4.78, 5) is 16.9. The van der Waals surface area contributed by atoms with Gasteiger partial charge in [-0.15, -0.1) is 0 Å². The van der Waals surface area contributed by atoms with E-state index in [0.717, 1.165) is 38.5 Å².